The first-order valence-electron chi connectivity index (χ1n) is 10.9. The molecule has 0 aliphatic rings. The molecule has 0 aromatic carbocycles. The number of anilines is 1. The van der Waals surface area contributed by atoms with Gasteiger partial charge in [-0.3, -0.25) is 4.90 Å². The first kappa shape index (κ1) is 27.2. The Bertz CT molecular complexity index is 1020. The summed E-state index contributed by atoms with van der Waals surface area (Å²) in [6, 6.07) is 5.05. The Morgan fingerprint density at radius 1 is 1.18 bits per heavy atom. The van der Waals surface area contributed by atoms with Gasteiger partial charge in [0.2, 0.25) is 5.88 Å². The van der Waals surface area contributed by atoms with Crippen molar-refractivity contribution in [2.24, 2.45) is 5.92 Å². The number of aromatic nitrogens is 2. The number of carbonyl (C=O) groups is 2. The van der Waals surface area contributed by atoms with Gasteiger partial charge in [0.1, 0.15) is 23.0 Å². The van der Waals surface area contributed by atoms with Crippen LogP contribution in [0.1, 0.15) is 48.0 Å². The number of amides is 2. The molecule has 0 fully saturated rings. The molecule has 1 atom stereocenters. The van der Waals surface area contributed by atoms with Crippen LogP contribution in [0.3, 0.4) is 0 Å². The lowest BCUT2D eigenvalue weighted by atomic mass is 9.91. The summed E-state index contributed by atoms with van der Waals surface area (Å²) in [6.07, 6.45) is 2.12. The van der Waals surface area contributed by atoms with E-state index < -0.39 is 23.3 Å². The van der Waals surface area contributed by atoms with Crippen molar-refractivity contribution in [1.82, 2.24) is 15.3 Å². The molecule has 0 bridgehead atoms. The molecule has 9 nitrogen and oxygen atoms in total. The third kappa shape index (κ3) is 8.06. The first-order chi connectivity index (χ1) is 15.7. The first-order valence-corrected chi connectivity index (χ1v) is 11.3. The summed E-state index contributed by atoms with van der Waals surface area (Å²) in [5, 5.41) is 12.4. The maximum absolute atomic E-state index is 12.4. The van der Waals surface area contributed by atoms with Crippen molar-refractivity contribution in [2.45, 2.75) is 59.1 Å². The molecule has 0 radical (unpaired) electrons. The minimum absolute atomic E-state index is 0.138. The highest BCUT2D eigenvalue weighted by Gasteiger charge is 2.31. The van der Waals surface area contributed by atoms with Crippen molar-refractivity contribution >= 4 is 29.6 Å². The fourth-order valence-corrected chi connectivity index (χ4v) is 3.61. The molecule has 0 aliphatic carbocycles. The van der Waals surface area contributed by atoms with Crippen LogP contribution < -0.4 is 15.0 Å². The van der Waals surface area contributed by atoms with E-state index >= 15 is 0 Å². The molecule has 10 heteroatoms. The SMILES string of the molecule is CC(C)C[C@@](C)(COc1ncc(-c2ccnc(N(C)C(=O)O)c2)cc1Cl)NC(=O)OC(C)(C)C. The number of rotatable bonds is 8. The standard InChI is InChI=1S/C24H33ClN4O5/c1-15(2)12-24(6,28-21(30)34-23(3,4)5)14-33-20-18(25)10-17(13-27-20)16-8-9-26-19(11-16)29(7)22(31)32/h8-11,13,15H,12,14H2,1-7H3,(H,28,30)(H,31,32)/t24-/m0/s1. The summed E-state index contributed by atoms with van der Waals surface area (Å²) in [4.78, 5) is 33.0. The highest BCUT2D eigenvalue weighted by atomic mass is 35.5. The molecule has 186 valence electrons. The number of ether oxygens (including phenoxy) is 2. The Kier molecular flexibility index (Phi) is 8.72. The molecular formula is C24H33ClN4O5. The summed E-state index contributed by atoms with van der Waals surface area (Å²) in [6.45, 7) is 11.5. The Hall–Kier alpha value is -3.07. The third-order valence-corrected chi connectivity index (χ3v) is 4.98. The lowest BCUT2D eigenvalue weighted by Gasteiger charge is -2.33. The van der Waals surface area contributed by atoms with E-state index in [1.807, 2.05) is 6.92 Å². The zero-order valence-electron chi connectivity index (χ0n) is 20.7. The van der Waals surface area contributed by atoms with Crippen LogP contribution in [0.5, 0.6) is 5.88 Å². The molecule has 34 heavy (non-hydrogen) atoms. The summed E-state index contributed by atoms with van der Waals surface area (Å²) < 4.78 is 11.3. The molecule has 2 aromatic rings. The van der Waals surface area contributed by atoms with Crippen LogP contribution in [0.15, 0.2) is 30.6 Å². The summed E-state index contributed by atoms with van der Waals surface area (Å²) in [5.74, 6) is 0.793. The van der Waals surface area contributed by atoms with Crippen LogP contribution in [0.4, 0.5) is 15.4 Å². The second kappa shape index (κ2) is 10.9. The number of nitrogens with one attached hydrogen (secondary N) is 1. The summed E-state index contributed by atoms with van der Waals surface area (Å²) in [5.41, 5.74) is 0.0600. The van der Waals surface area contributed by atoms with Crippen LogP contribution in [0.25, 0.3) is 11.1 Å². The van der Waals surface area contributed by atoms with E-state index in [-0.39, 0.29) is 23.3 Å². The van der Waals surface area contributed by atoms with E-state index in [0.29, 0.717) is 23.5 Å². The molecule has 0 unspecified atom stereocenters. The maximum Gasteiger partial charge on any atom is 0.412 e. The quantitative estimate of drug-likeness (QED) is 0.491. The fourth-order valence-electron chi connectivity index (χ4n) is 3.39. The monoisotopic (exact) mass is 492 g/mol. The second-order valence-corrected chi connectivity index (χ2v) is 10.2. The second-order valence-electron chi connectivity index (χ2n) is 9.83. The van der Waals surface area contributed by atoms with E-state index in [9.17, 15) is 9.59 Å². The van der Waals surface area contributed by atoms with Gasteiger partial charge in [-0.2, -0.15) is 0 Å². The van der Waals surface area contributed by atoms with Gasteiger partial charge in [-0.1, -0.05) is 25.4 Å². The molecular weight excluding hydrogens is 460 g/mol. The fraction of sp³-hybridized carbons (Fsp3) is 0.500. The van der Waals surface area contributed by atoms with Gasteiger partial charge in [0.25, 0.3) is 0 Å². The molecule has 0 saturated heterocycles. The van der Waals surface area contributed by atoms with E-state index in [4.69, 9.17) is 26.2 Å². The average Bonchev–Trinajstić information content (AvgIpc) is 2.70. The van der Waals surface area contributed by atoms with Crippen LogP contribution in [0.2, 0.25) is 5.02 Å². The molecule has 2 amide bonds. The zero-order valence-corrected chi connectivity index (χ0v) is 21.4. The average molecular weight is 493 g/mol. The van der Waals surface area contributed by atoms with E-state index in [0.717, 1.165) is 4.90 Å². The largest absolute Gasteiger partial charge is 0.474 e. The zero-order chi connectivity index (χ0) is 25.7. The lowest BCUT2D eigenvalue weighted by Crippen LogP contribution is -2.52. The number of pyridine rings is 2. The predicted molar refractivity (Wildman–Crippen MR) is 132 cm³/mol. The summed E-state index contributed by atoms with van der Waals surface area (Å²) in [7, 11) is 1.41. The van der Waals surface area contributed by atoms with Crippen LogP contribution in [0, 0.1) is 5.92 Å². The molecule has 0 aliphatic heterocycles. The van der Waals surface area contributed by atoms with E-state index in [1.165, 1.54) is 13.2 Å². The van der Waals surface area contributed by atoms with Crippen molar-refractivity contribution in [2.75, 3.05) is 18.6 Å². The lowest BCUT2D eigenvalue weighted by molar-refractivity contribution is 0.0406. The topological polar surface area (TPSA) is 114 Å². The Morgan fingerprint density at radius 2 is 1.85 bits per heavy atom. The van der Waals surface area contributed by atoms with Gasteiger partial charge in [-0.25, -0.2) is 19.6 Å². The Labute approximate surface area is 205 Å². The molecule has 2 rings (SSSR count). The number of carboxylic acid groups (broad SMARTS) is 1. The highest BCUT2D eigenvalue weighted by Crippen LogP contribution is 2.30. The van der Waals surface area contributed by atoms with Gasteiger partial charge in [-0.05, 0) is 63.8 Å². The Morgan fingerprint density at radius 3 is 2.41 bits per heavy atom. The van der Waals surface area contributed by atoms with Crippen molar-refractivity contribution < 1.29 is 24.2 Å². The third-order valence-electron chi connectivity index (χ3n) is 4.71. The summed E-state index contributed by atoms with van der Waals surface area (Å²) >= 11 is 6.44. The maximum atomic E-state index is 12.4. The van der Waals surface area contributed by atoms with Crippen molar-refractivity contribution in [3.8, 4) is 17.0 Å². The van der Waals surface area contributed by atoms with Crippen LogP contribution in [-0.4, -0.2) is 52.1 Å². The van der Waals surface area contributed by atoms with Crippen molar-refractivity contribution in [3.05, 3.63) is 35.6 Å². The number of carbonyl (C=O) groups excluding carboxylic acids is 1. The number of nitrogens with zero attached hydrogens (tertiary/aromatic N) is 3. The van der Waals surface area contributed by atoms with Crippen LogP contribution in [-0.2, 0) is 4.74 Å². The van der Waals surface area contributed by atoms with Crippen LogP contribution >= 0.6 is 11.6 Å². The van der Waals surface area contributed by atoms with E-state index in [1.54, 1.807) is 45.2 Å². The molecule has 0 saturated carbocycles. The van der Waals surface area contributed by atoms with Gasteiger partial charge in [-0.15, -0.1) is 0 Å². The highest BCUT2D eigenvalue weighted by molar-refractivity contribution is 6.32. The number of alkyl carbamates (subject to hydrolysis) is 1. The molecule has 0 spiro atoms. The predicted octanol–water partition coefficient (Wildman–Crippen LogP) is 5.62. The number of hydrogen-bond donors (Lipinski definition) is 2. The van der Waals surface area contributed by atoms with Gasteiger partial charge in [0, 0.05) is 25.0 Å². The molecule has 2 heterocycles. The van der Waals surface area contributed by atoms with Crippen molar-refractivity contribution in [3.63, 3.8) is 0 Å². The van der Waals surface area contributed by atoms with Gasteiger partial charge in [0.15, 0.2) is 0 Å². The van der Waals surface area contributed by atoms with Gasteiger partial charge in [0.05, 0.1) is 5.54 Å². The molecule has 2 N–H and O–H groups in total. The molecule has 2 aromatic heterocycles. The number of hydrogen-bond acceptors (Lipinski definition) is 6. The van der Waals surface area contributed by atoms with Gasteiger partial charge < -0.3 is 19.9 Å². The minimum Gasteiger partial charge on any atom is -0.474 e. The van der Waals surface area contributed by atoms with Gasteiger partial charge >= 0.3 is 12.2 Å². The smallest absolute Gasteiger partial charge is 0.412 e. The Balaban J connectivity index is 2.18. The van der Waals surface area contributed by atoms with E-state index in [2.05, 4.69) is 29.1 Å². The minimum atomic E-state index is -1.12. The normalized spacial score (nSPS) is 13.2. The number of halogens is 1. The van der Waals surface area contributed by atoms with Crippen molar-refractivity contribution in [1.29, 1.82) is 0 Å².